The highest BCUT2D eigenvalue weighted by Gasteiger charge is 2.58. The van der Waals surface area contributed by atoms with Crippen LogP contribution in [0.4, 0.5) is 0 Å². The molecule has 0 heterocycles. The molecule has 122 valence electrons. The molecule has 0 nitrogen and oxygen atoms in total. The van der Waals surface area contributed by atoms with Crippen molar-refractivity contribution in [3.05, 3.63) is 0 Å². The Kier molecular flexibility index (Phi) is 7.98. The zero-order valence-corrected chi connectivity index (χ0v) is 20.0. The fourth-order valence-corrected chi connectivity index (χ4v) is 35.5. The van der Waals surface area contributed by atoms with E-state index in [1.165, 1.54) is 38.3 Å². The van der Waals surface area contributed by atoms with Gasteiger partial charge in [-0.2, -0.15) is 0 Å². The second-order valence-corrected chi connectivity index (χ2v) is 27.7. The normalized spacial score (nSPS) is 14.7. The van der Waals surface area contributed by atoms with Crippen LogP contribution in [-0.4, -0.2) is 30.4 Å². The van der Waals surface area contributed by atoms with Crippen molar-refractivity contribution < 1.29 is 0 Å². The van der Waals surface area contributed by atoms with Crippen LogP contribution in [0.1, 0.15) is 32.1 Å². The molecule has 0 aliphatic carbocycles. The van der Waals surface area contributed by atoms with E-state index in [1.807, 2.05) is 0 Å². The van der Waals surface area contributed by atoms with Crippen LogP contribution in [0.5, 0.6) is 0 Å². The lowest BCUT2D eigenvalue weighted by Crippen LogP contribution is -2.65. The van der Waals surface area contributed by atoms with Crippen molar-refractivity contribution in [3.8, 4) is 0 Å². The molecule has 20 heavy (non-hydrogen) atoms. The van der Waals surface area contributed by atoms with E-state index < -0.39 is 24.2 Å². The molecule has 0 fully saturated rings. The lowest BCUT2D eigenvalue weighted by atomic mass is 10.2. The third-order valence-electron chi connectivity index (χ3n) is 5.35. The van der Waals surface area contributed by atoms with Crippen LogP contribution < -0.4 is 0 Å². The molecule has 0 radical (unpaired) electrons. The minimum atomic E-state index is -1.16. The smallest absolute Gasteiger partial charge is 0.0452 e. The largest absolute Gasteiger partial charge is 0.138 e. The molecule has 0 rings (SSSR count). The first kappa shape index (κ1) is 21.1. The molecule has 0 saturated heterocycles. The van der Waals surface area contributed by atoms with E-state index in [0.717, 1.165) is 4.28 Å². The minimum absolute atomic E-state index is 0.772. The second kappa shape index (κ2) is 7.57. The quantitative estimate of drug-likeness (QED) is 0.249. The molecule has 0 aromatic heterocycles. The molecule has 0 bridgehead atoms. The van der Waals surface area contributed by atoms with Crippen molar-refractivity contribution in [1.82, 2.24) is 0 Å². The van der Waals surface area contributed by atoms with E-state index in [4.69, 9.17) is 0 Å². The van der Waals surface area contributed by atoms with Gasteiger partial charge in [0.1, 0.15) is 0 Å². The lowest BCUT2D eigenvalue weighted by Gasteiger charge is -2.59. The summed E-state index contributed by atoms with van der Waals surface area (Å²) in [7, 11) is -0.603. The molecule has 0 aliphatic heterocycles. The zero-order valence-electron chi connectivity index (χ0n) is 15.8. The van der Waals surface area contributed by atoms with Crippen LogP contribution in [-0.2, 0) is 0 Å². The molecule has 1 unspecified atom stereocenters. The minimum Gasteiger partial charge on any atom is -0.138 e. The Morgan fingerprint density at radius 1 is 0.600 bits per heavy atom. The predicted octanol–water partition coefficient (Wildman–Crippen LogP) is 6.65. The number of hydrogen-bond donors (Lipinski definition) is 0. The van der Waals surface area contributed by atoms with Gasteiger partial charge >= 0.3 is 0 Å². The van der Waals surface area contributed by atoms with Gasteiger partial charge in [-0.15, -0.1) is 9.24 Å². The molecule has 0 spiro atoms. The average molecular weight is 349 g/mol. The maximum absolute atomic E-state index is 2.87. The SMILES string of the molecule is C[Si](C)(C)C(CCCCCCP)([Si](C)(C)C)[Si](C)(C)C. The molecule has 0 saturated carbocycles. The van der Waals surface area contributed by atoms with Crippen molar-refractivity contribution in [2.24, 2.45) is 0 Å². The topological polar surface area (TPSA) is 0 Å². The van der Waals surface area contributed by atoms with E-state index in [9.17, 15) is 0 Å². The third kappa shape index (κ3) is 4.79. The second-order valence-electron chi connectivity index (χ2n) is 9.61. The summed E-state index contributed by atoms with van der Waals surface area (Å²) >= 11 is 0. The molecule has 0 aromatic carbocycles. The van der Waals surface area contributed by atoms with Crippen LogP contribution in [0.15, 0.2) is 0 Å². The van der Waals surface area contributed by atoms with Gasteiger partial charge in [0.05, 0.1) is 0 Å². The first-order valence-electron chi connectivity index (χ1n) is 8.51. The highest BCUT2D eigenvalue weighted by molar-refractivity contribution is 7.16. The summed E-state index contributed by atoms with van der Waals surface area (Å²) in [6.07, 6.45) is 8.57. The van der Waals surface area contributed by atoms with Gasteiger partial charge in [-0.05, 0) is 16.9 Å². The van der Waals surface area contributed by atoms with Crippen molar-refractivity contribution in [1.29, 1.82) is 0 Å². The van der Waals surface area contributed by atoms with E-state index in [0.29, 0.717) is 0 Å². The third-order valence-corrected chi connectivity index (χ3v) is 27.7. The number of hydrogen-bond acceptors (Lipinski definition) is 0. The average Bonchev–Trinajstić information content (AvgIpc) is 2.17. The summed E-state index contributed by atoms with van der Waals surface area (Å²) in [5.74, 6) is 0. The first-order valence-corrected chi connectivity index (χ1v) is 19.8. The Morgan fingerprint density at radius 2 is 0.950 bits per heavy atom. The van der Waals surface area contributed by atoms with E-state index in [-0.39, 0.29) is 0 Å². The Hall–Kier alpha value is 1.08. The summed E-state index contributed by atoms with van der Waals surface area (Å²) in [5, 5.41) is 0. The Balaban J connectivity index is 5.25. The molecule has 0 amide bonds. The molecular formula is C16H41PSi3. The standard InChI is InChI=1S/C16H41PSi3/c1-18(2,3)16(19(4,5)6,20(7,8)9)14-12-10-11-13-15-17/h10-15,17H2,1-9H3. The van der Waals surface area contributed by atoms with Crippen LogP contribution in [0.25, 0.3) is 0 Å². The maximum Gasteiger partial charge on any atom is 0.0452 e. The van der Waals surface area contributed by atoms with Gasteiger partial charge in [0.25, 0.3) is 0 Å². The van der Waals surface area contributed by atoms with Gasteiger partial charge in [0.2, 0.25) is 0 Å². The summed E-state index contributed by atoms with van der Waals surface area (Å²) < 4.78 is 0.772. The molecule has 0 aromatic rings. The lowest BCUT2D eigenvalue weighted by molar-refractivity contribution is 0.617. The first-order chi connectivity index (χ1) is 8.81. The fraction of sp³-hybridized carbons (Fsp3) is 1.00. The summed E-state index contributed by atoms with van der Waals surface area (Å²) in [5.41, 5.74) is 0. The van der Waals surface area contributed by atoms with Crippen LogP contribution in [0.2, 0.25) is 63.2 Å². The van der Waals surface area contributed by atoms with Gasteiger partial charge in [-0.1, -0.05) is 84.6 Å². The number of unbranched alkanes of at least 4 members (excludes halogenated alkanes) is 3. The van der Waals surface area contributed by atoms with Crippen molar-refractivity contribution >= 4 is 33.5 Å². The molecule has 0 aliphatic rings. The van der Waals surface area contributed by atoms with Crippen molar-refractivity contribution in [2.75, 3.05) is 6.16 Å². The molecular weight excluding hydrogens is 307 g/mol. The van der Waals surface area contributed by atoms with Gasteiger partial charge in [0.15, 0.2) is 0 Å². The summed E-state index contributed by atoms with van der Waals surface area (Å²) in [6.45, 7) is 23.9. The highest BCUT2D eigenvalue weighted by atomic mass is 31.0. The molecule has 1 atom stereocenters. The van der Waals surface area contributed by atoms with Crippen LogP contribution >= 0.6 is 9.24 Å². The van der Waals surface area contributed by atoms with Gasteiger partial charge in [-0.25, -0.2) is 0 Å². The van der Waals surface area contributed by atoms with Crippen molar-refractivity contribution in [3.63, 3.8) is 0 Å². The number of rotatable bonds is 9. The maximum atomic E-state index is 2.87. The summed E-state index contributed by atoms with van der Waals surface area (Å²) in [6, 6.07) is 0. The Morgan fingerprint density at radius 3 is 1.25 bits per heavy atom. The Labute approximate surface area is 135 Å². The highest BCUT2D eigenvalue weighted by Crippen LogP contribution is 2.57. The predicted molar refractivity (Wildman–Crippen MR) is 110 cm³/mol. The monoisotopic (exact) mass is 348 g/mol. The van der Waals surface area contributed by atoms with Gasteiger partial charge in [-0.3, -0.25) is 0 Å². The van der Waals surface area contributed by atoms with E-state index in [1.54, 1.807) is 0 Å². The fourth-order valence-electron chi connectivity index (χ4n) is 5.39. The van der Waals surface area contributed by atoms with Crippen molar-refractivity contribution in [2.45, 2.75) is 95.3 Å². The van der Waals surface area contributed by atoms with Gasteiger partial charge < -0.3 is 0 Å². The van der Waals surface area contributed by atoms with Gasteiger partial charge in [0, 0.05) is 24.2 Å². The van der Waals surface area contributed by atoms with Crippen LogP contribution in [0.3, 0.4) is 0 Å². The zero-order chi connectivity index (χ0) is 16.2. The Bertz CT molecular complexity index is 246. The summed E-state index contributed by atoms with van der Waals surface area (Å²) in [4.78, 5) is 0. The van der Waals surface area contributed by atoms with Crippen LogP contribution in [0, 0.1) is 0 Å². The van der Waals surface area contributed by atoms with E-state index >= 15 is 0 Å². The van der Waals surface area contributed by atoms with E-state index in [2.05, 4.69) is 68.2 Å². The molecule has 0 N–H and O–H groups in total. The molecule has 4 heteroatoms.